The number of allylic oxidation sites excluding steroid dienone is 2. The van der Waals surface area contributed by atoms with E-state index in [-0.39, 0.29) is 6.42 Å². The predicted octanol–water partition coefficient (Wildman–Crippen LogP) is 5.18. The first kappa shape index (κ1) is 21.1. The molecule has 4 atom stereocenters. The molecular weight excluding hydrogens is 372 g/mol. The molecule has 3 heteroatoms. The molecule has 2 aliphatic carbocycles. The molecule has 2 aromatic rings. The lowest BCUT2D eigenvalue weighted by molar-refractivity contribution is -0.0381. The van der Waals surface area contributed by atoms with Crippen molar-refractivity contribution in [2.24, 2.45) is 17.8 Å². The van der Waals surface area contributed by atoms with Crippen molar-refractivity contribution in [3.05, 3.63) is 76.9 Å². The third-order valence-electron chi connectivity index (χ3n) is 6.61. The van der Waals surface area contributed by atoms with Gasteiger partial charge in [-0.05, 0) is 79.2 Å². The number of aliphatic hydroxyl groups excluding tert-OH is 1. The Morgan fingerprint density at radius 1 is 1.03 bits per heavy atom. The molecular formula is C27H34O3. The fourth-order valence-electron chi connectivity index (χ4n) is 5.00. The van der Waals surface area contributed by atoms with Crippen molar-refractivity contribution >= 4 is 0 Å². The standard InChI is InChI=1S/C27H34O3/c1-3-12-30-23-14-19(13-20(15-23)16-27(28)29)6-10-25-24(11-9-22-17-26(22)25)21-7-4-18(2)5-8-21/h4-5,7-9,11,13-15,22,24-29H,3,6,10,12,16-17H2,1-2H3. The lowest BCUT2D eigenvalue weighted by Crippen LogP contribution is -2.18. The Hall–Kier alpha value is -2.10. The first-order valence-corrected chi connectivity index (χ1v) is 11.4. The average molecular weight is 407 g/mol. The van der Waals surface area contributed by atoms with Crippen LogP contribution >= 0.6 is 0 Å². The Balaban J connectivity index is 1.50. The van der Waals surface area contributed by atoms with Gasteiger partial charge in [0.2, 0.25) is 0 Å². The highest BCUT2D eigenvalue weighted by Gasteiger charge is 2.46. The molecule has 2 aromatic carbocycles. The summed E-state index contributed by atoms with van der Waals surface area (Å²) >= 11 is 0. The second kappa shape index (κ2) is 9.36. The molecule has 0 aliphatic heterocycles. The van der Waals surface area contributed by atoms with Crippen LogP contribution in [0.4, 0.5) is 0 Å². The highest BCUT2D eigenvalue weighted by atomic mass is 16.5. The number of ether oxygens (including phenoxy) is 1. The summed E-state index contributed by atoms with van der Waals surface area (Å²) in [5, 5.41) is 18.9. The molecule has 4 rings (SSSR count). The summed E-state index contributed by atoms with van der Waals surface area (Å²) in [7, 11) is 0. The van der Waals surface area contributed by atoms with E-state index in [1.807, 2.05) is 6.07 Å². The predicted molar refractivity (Wildman–Crippen MR) is 121 cm³/mol. The van der Waals surface area contributed by atoms with Crippen LogP contribution < -0.4 is 4.74 Å². The van der Waals surface area contributed by atoms with E-state index in [4.69, 9.17) is 4.74 Å². The molecule has 0 saturated heterocycles. The van der Waals surface area contributed by atoms with Crippen LogP contribution in [-0.4, -0.2) is 23.1 Å². The van der Waals surface area contributed by atoms with Crippen LogP contribution in [0.5, 0.6) is 5.75 Å². The molecule has 2 N–H and O–H groups in total. The summed E-state index contributed by atoms with van der Waals surface area (Å²) in [5.41, 5.74) is 4.89. The van der Waals surface area contributed by atoms with Crippen molar-refractivity contribution in [1.82, 2.24) is 0 Å². The minimum atomic E-state index is -1.33. The van der Waals surface area contributed by atoms with Crippen LogP contribution in [0.15, 0.2) is 54.6 Å². The monoisotopic (exact) mass is 406 g/mol. The largest absolute Gasteiger partial charge is 0.494 e. The smallest absolute Gasteiger partial charge is 0.155 e. The maximum atomic E-state index is 9.43. The number of benzene rings is 2. The van der Waals surface area contributed by atoms with Crippen LogP contribution in [0, 0.1) is 24.7 Å². The molecule has 0 spiro atoms. The number of hydrogen-bond donors (Lipinski definition) is 2. The third kappa shape index (κ3) is 5.14. The zero-order valence-electron chi connectivity index (χ0n) is 18.1. The van der Waals surface area contributed by atoms with E-state index in [9.17, 15) is 10.2 Å². The van der Waals surface area contributed by atoms with Gasteiger partial charge >= 0.3 is 0 Å². The molecule has 1 saturated carbocycles. The maximum absolute atomic E-state index is 9.43. The summed E-state index contributed by atoms with van der Waals surface area (Å²) in [4.78, 5) is 0. The number of fused-ring (bicyclic) bond motifs is 1. The summed E-state index contributed by atoms with van der Waals surface area (Å²) in [6, 6.07) is 15.2. The summed E-state index contributed by atoms with van der Waals surface area (Å²) < 4.78 is 5.87. The molecule has 3 nitrogen and oxygen atoms in total. The maximum Gasteiger partial charge on any atom is 0.155 e. The van der Waals surface area contributed by atoms with Gasteiger partial charge < -0.3 is 14.9 Å². The molecule has 1 fully saturated rings. The fraction of sp³-hybridized carbons (Fsp3) is 0.481. The van der Waals surface area contributed by atoms with E-state index in [2.05, 4.69) is 62.4 Å². The molecule has 2 aliphatic rings. The normalized spacial score (nSPS) is 24.7. The van der Waals surface area contributed by atoms with Crippen LogP contribution in [0.2, 0.25) is 0 Å². The van der Waals surface area contributed by atoms with Crippen LogP contribution in [0.25, 0.3) is 0 Å². The zero-order valence-corrected chi connectivity index (χ0v) is 18.1. The molecule has 0 aromatic heterocycles. The number of hydrogen-bond acceptors (Lipinski definition) is 3. The van der Waals surface area contributed by atoms with Gasteiger partial charge in [0, 0.05) is 12.3 Å². The van der Waals surface area contributed by atoms with Crippen molar-refractivity contribution in [3.63, 3.8) is 0 Å². The van der Waals surface area contributed by atoms with Gasteiger partial charge in [0.25, 0.3) is 0 Å². The molecule has 0 amide bonds. The minimum absolute atomic E-state index is 0.235. The lowest BCUT2D eigenvalue weighted by atomic mass is 9.76. The van der Waals surface area contributed by atoms with Gasteiger partial charge in [0.1, 0.15) is 5.75 Å². The van der Waals surface area contributed by atoms with Crippen LogP contribution in [0.3, 0.4) is 0 Å². The van der Waals surface area contributed by atoms with Gasteiger partial charge in [-0.15, -0.1) is 0 Å². The van der Waals surface area contributed by atoms with E-state index >= 15 is 0 Å². The van der Waals surface area contributed by atoms with Gasteiger partial charge in [0.15, 0.2) is 6.29 Å². The van der Waals surface area contributed by atoms with E-state index in [1.165, 1.54) is 23.1 Å². The summed E-state index contributed by atoms with van der Waals surface area (Å²) in [6.45, 7) is 4.91. The lowest BCUT2D eigenvalue weighted by Gasteiger charge is -2.28. The topological polar surface area (TPSA) is 49.7 Å². The Labute approximate surface area is 180 Å². The second-order valence-corrected chi connectivity index (χ2v) is 9.11. The number of aliphatic hydroxyl groups is 2. The first-order chi connectivity index (χ1) is 14.5. The zero-order chi connectivity index (χ0) is 21.1. The van der Waals surface area contributed by atoms with Gasteiger partial charge in [-0.2, -0.15) is 0 Å². The molecule has 160 valence electrons. The van der Waals surface area contributed by atoms with Crippen molar-refractivity contribution in [1.29, 1.82) is 0 Å². The molecule has 30 heavy (non-hydrogen) atoms. The second-order valence-electron chi connectivity index (χ2n) is 9.11. The van der Waals surface area contributed by atoms with E-state index in [0.29, 0.717) is 18.4 Å². The number of rotatable bonds is 9. The Bertz CT molecular complexity index is 868. The first-order valence-electron chi connectivity index (χ1n) is 11.4. The Morgan fingerprint density at radius 3 is 2.53 bits per heavy atom. The summed E-state index contributed by atoms with van der Waals surface area (Å²) in [5.74, 6) is 3.57. The Morgan fingerprint density at radius 2 is 1.80 bits per heavy atom. The van der Waals surface area contributed by atoms with Crippen LogP contribution in [-0.2, 0) is 12.8 Å². The van der Waals surface area contributed by atoms with Gasteiger partial charge in [-0.25, -0.2) is 0 Å². The van der Waals surface area contributed by atoms with Crippen molar-refractivity contribution in [2.45, 2.75) is 58.2 Å². The quantitative estimate of drug-likeness (QED) is 0.446. The van der Waals surface area contributed by atoms with Crippen molar-refractivity contribution in [3.8, 4) is 5.75 Å². The molecule has 0 bridgehead atoms. The molecule has 0 heterocycles. The highest BCUT2D eigenvalue weighted by Crippen LogP contribution is 2.55. The van der Waals surface area contributed by atoms with Gasteiger partial charge in [-0.3, -0.25) is 0 Å². The van der Waals surface area contributed by atoms with E-state index < -0.39 is 6.29 Å². The summed E-state index contributed by atoms with van der Waals surface area (Å²) in [6.07, 6.45) is 8.19. The molecule has 4 unspecified atom stereocenters. The third-order valence-corrected chi connectivity index (χ3v) is 6.61. The van der Waals surface area contributed by atoms with E-state index in [1.54, 1.807) is 0 Å². The van der Waals surface area contributed by atoms with Crippen molar-refractivity contribution in [2.75, 3.05) is 6.61 Å². The minimum Gasteiger partial charge on any atom is -0.494 e. The van der Waals surface area contributed by atoms with Crippen LogP contribution in [0.1, 0.15) is 54.4 Å². The number of aryl methyl sites for hydroxylation is 2. The van der Waals surface area contributed by atoms with Crippen molar-refractivity contribution < 1.29 is 14.9 Å². The fourth-order valence-corrected chi connectivity index (χ4v) is 5.00. The van der Waals surface area contributed by atoms with E-state index in [0.717, 1.165) is 42.4 Å². The SMILES string of the molecule is CCCOc1cc(CCC2C(c3ccc(C)cc3)C=CC3CC32)cc(CC(O)O)c1. The Kier molecular flexibility index (Phi) is 6.60. The average Bonchev–Trinajstić information content (AvgIpc) is 3.50. The van der Waals surface area contributed by atoms with Gasteiger partial charge in [0.05, 0.1) is 6.61 Å². The van der Waals surface area contributed by atoms with Gasteiger partial charge in [-0.1, -0.05) is 55.0 Å². The highest BCUT2D eigenvalue weighted by molar-refractivity contribution is 5.36. The molecule has 0 radical (unpaired) electrons.